The topological polar surface area (TPSA) is 84.9 Å². The zero-order valence-electron chi connectivity index (χ0n) is 18.5. The van der Waals surface area contributed by atoms with Gasteiger partial charge in [0.1, 0.15) is 5.75 Å². The first-order valence-corrected chi connectivity index (χ1v) is 11.8. The summed E-state index contributed by atoms with van der Waals surface area (Å²) in [7, 11) is -3.69. The molecule has 0 bridgehead atoms. The Bertz CT molecular complexity index is 1020. The predicted molar refractivity (Wildman–Crippen MR) is 120 cm³/mol. The van der Waals surface area contributed by atoms with Crippen LogP contribution in [-0.2, 0) is 20.2 Å². The Morgan fingerprint density at radius 2 is 1.74 bits per heavy atom. The maximum absolute atomic E-state index is 13.0. The number of rotatable bonds is 6. The van der Waals surface area contributed by atoms with Gasteiger partial charge < -0.3 is 14.8 Å². The van der Waals surface area contributed by atoms with Gasteiger partial charge in [-0.15, -0.1) is 0 Å². The summed E-state index contributed by atoms with van der Waals surface area (Å²) in [4.78, 5) is 13.0. The van der Waals surface area contributed by atoms with Crippen LogP contribution >= 0.6 is 0 Å². The number of hydrogen-bond donors (Lipinski definition) is 1. The first-order valence-electron chi connectivity index (χ1n) is 10.4. The molecule has 1 saturated heterocycles. The van der Waals surface area contributed by atoms with Crippen molar-refractivity contribution in [2.24, 2.45) is 0 Å². The van der Waals surface area contributed by atoms with Gasteiger partial charge in [0.2, 0.25) is 10.0 Å². The number of carbonyl (C=O) groups is 1. The molecule has 0 atom stereocenters. The zero-order valence-corrected chi connectivity index (χ0v) is 19.3. The van der Waals surface area contributed by atoms with Crippen LogP contribution in [0.2, 0.25) is 0 Å². The molecule has 0 saturated carbocycles. The van der Waals surface area contributed by atoms with E-state index < -0.39 is 10.0 Å². The van der Waals surface area contributed by atoms with E-state index in [-0.39, 0.29) is 16.2 Å². The van der Waals surface area contributed by atoms with Gasteiger partial charge >= 0.3 is 0 Å². The van der Waals surface area contributed by atoms with E-state index in [0.717, 1.165) is 5.56 Å². The molecule has 1 N–H and O–H groups in total. The highest BCUT2D eigenvalue weighted by Gasteiger charge is 2.27. The Labute approximate surface area is 184 Å². The van der Waals surface area contributed by atoms with Crippen molar-refractivity contribution in [1.29, 1.82) is 0 Å². The maximum Gasteiger partial charge on any atom is 0.255 e. The smallest absolute Gasteiger partial charge is 0.255 e. The van der Waals surface area contributed by atoms with E-state index in [1.54, 1.807) is 18.2 Å². The van der Waals surface area contributed by atoms with E-state index in [2.05, 4.69) is 26.1 Å². The summed E-state index contributed by atoms with van der Waals surface area (Å²) in [6, 6.07) is 11.9. The van der Waals surface area contributed by atoms with Crippen molar-refractivity contribution in [3.8, 4) is 5.75 Å². The minimum Gasteiger partial charge on any atom is -0.492 e. The number of ether oxygens (including phenoxy) is 2. The molecule has 1 aliphatic heterocycles. The summed E-state index contributed by atoms with van der Waals surface area (Å²) in [5.41, 5.74) is 1.91. The molecule has 1 fully saturated rings. The van der Waals surface area contributed by atoms with E-state index in [1.165, 1.54) is 16.4 Å². The highest BCUT2D eigenvalue weighted by molar-refractivity contribution is 7.89. The lowest BCUT2D eigenvalue weighted by atomic mass is 9.87. The van der Waals surface area contributed by atoms with Crippen LogP contribution in [0.5, 0.6) is 5.75 Å². The van der Waals surface area contributed by atoms with Gasteiger partial charge in [-0.2, -0.15) is 4.31 Å². The lowest BCUT2D eigenvalue weighted by Gasteiger charge is -2.26. The van der Waals surface area contributed by atoms with Crippen LogP contribution in [0.1, 0.15) is 43.6 Å². The number of sulfonamides is 1. The SMILES string of the molecule is CCOc1ccc(S(=O)(=O)N2CCOCC2)cc1NC(=O)c1ccc(C(C)(C)C)cc1. The highest BCUT2D eigenvalue weighted by atomic mass is 32.2. The first kappa shape index (κ1) is 23.2. The van der Waals surface area contributed by atoms with Gasteiger partial charge in [0.25, 0.3) is 5.91 Å². The van der Waals surface area contributed by atoms with E-state index >= 15 is 0 Å². The van der Waals surface area contributed by atoms with Gasteiger partial charge in [0.15, 0.2) is 0 Å². The average Bonchev–Trinajstić information content (AvgIpc) is 2.75. The fraction of sp³-hybridized carbons (Fsp3) is 0.435. The number of morpholine rings is 1. The third kappa shape index (κ3) is 5.44. The Hall–Kier alpha value is -2.42. The summed E-state index contributed by atoms with van der Waals surface area (Å²) in [6.45, 7) is 9.88. The van der Waals surface area contributed by atoms with Gasteiger partial charge in [0.05, 0.1) is 30.4 Å². The number of nitrogens with one attached hydrogen (secondary N) is 1. The van der Waals surface area contributed by atoms with E-state index in [0.29, 0.717) is 49.9 Å². The van der Waals surface area contributed by atoms with Gasteiger partial charge in [-0.3, -0.25) is 4.79 Å². The molecule has 0 spiro atoms. The van der Waals surface area contributed by atoms with Crippen molar-refractivity contribution >= 4 is 21.6 Å². The Balaban J connectivity index is 1.88. The van der Waals surface area contributed by atoms with E-state index in [4.69, 9.17) is 9.47 Å². The third-order valence-electron chi connectivity index (χ3n) is 5.12. The first-order chi connectivity index (χ1) is 14.6. The Kier molecular flexibility index (Phi) is 7.03. The zero-order chi connectivity index (χ0) is 22.6. The molecule has 3 rings (SSSR count). The second kappa shape index (κ2) is 9.38. The summed E-state index contributed by atoms with van der Waals surface area (Å²) >= 11 is 0. The third-order valence-corrected chi connectivity index (χ3v) is 7.01. The van der Waals surface area contributed by atoms with Crippen LogP contribution in [0.15, 0.2) is 47.4 Å². The molecule has 168 valence electrons. The molecule has 31 heavy (non-hydrogen) atoms. The van der Waals surface area contributed by atoms with E-state index in [9.17, 15) is 13.2 Å². The van der Waals surface area contributed by atoms with Crippen LogP contribution < -0.4 is 10.1 Å². The van der Waals surface area contributed by atoms with Gasteiger partial charge in [0, 0.05) is 18.7 Å². The minimum absolute atomic E-state index is 0.0146. The molecular weight excluding hydrogens is 416 g/mol. The Morgan fingerprint density at radius 3 is 2.32 bits per heavy atom. The normalized spacial score (nSPS) is 15.5. The second-order valence-electron chi connectivity index (χ2n) is 8.39. The van der Waals surface area contributed by atoms with Crippen molar-refractivity contribution in [2.75, 3.05) is 38.2 Å². The van der Waals surface area contributed by atoms with Crippen LogP contribution in [0.3, 0.4) is 0 Å². The van der Waals surface area contributed by atoms with Crippen molar-refractivity contribution in [2.45, 2.75) is 38.0 Å². The summed E-state index contributed by atoms with van der Waals surface area (Å²) in [5, 5.41) is 2.81. The maximum atomic E-state index is 13.0. The van der Waals surface area contributed by atoms with Crippen molar-refractivity contribution in [1.82, 2.24) is 4.31 Å². The largest absolute Gasteiger partial charge is 0.492 e. The molecule has 1 aliphatic rings. The number of carbonyl (C=O) groups excluding carboxylic acids is 1. The number of hydrogen-bond acceptors (Lipinski definition) is 5. The molecule has 0 radical (unpaired) electrons. The number of anilines is 1. The average molecular weight is 447 g/mol. The lowest BCUT2D eigenvalue weighted by Crippen LogP contribution is -2.40. The molecule has 2 aromatic rings. The molecule has 2 aromatic carbocycles. The van der Waals surface area contributed by atoms with Gasteiger partial charge in [-0.05, 0) is 48.2 Å². The van der Waals surface area contributed by atoms with E-state index in [1.807, 2.05) is 19.1 Å². The molecular formula is C23H30N2O5S. The quantitative estimate of drug-likeness (QED) is 0.732. The van der Waals surface area contributed by atoms with Gasteiger partial charge in [-0.25, -0.2) is 8.42 Å². The highest BCUT2D eigenvalue weighted by Crippen LogP contribution is 2.30. The molecule has 0 aromatic heterocycles. The summed E-state index contributed by atoms with van der Waals surface area (Å²) < 4.78 is 38.3. The molecule has 7 nitrogen and oxygen atoms in total. The van der Waals surface area contributed by atoms with Crippen LogP contribution in [0.4, 0.5) is 5.69 Å². The van der Waals surface area contributed by atoms with Crippen LogP contribution in [0, 0.1) is 0 Å². The number of nitrogens with zero attached hydrogens (tertiary/aromatic N) is 1. The summed E-state index contributed by atoms with van der Waals surface area (Å²) in [5.74, 6) is 0.0884. The number of amides is 1. The van der Waals surface area contributed by atoms with Crippen molar-refractivity contribution in [3.05, 3.63) is 53.6 Å². The number of benzene rings is 2. The van der Waals surface area contributed by atoms with Crippen molar-refractivity contribution in [3.63, 3.8) is 0 Å². The predicted octanol–water partition coefficient (Wildman–Crippen LogP) is 3.66. The molecule has 0 aliphatic carbocycles. The molecule has 8 heteroatoms. The lowest BCUT2D eigenvalue weighted by molar-refractivity contribution is 0.0730. The standard InChI is InChI=1S/C23H30N2O5S/c1-5-30-21-11-10-19(31(27,28)25-12-14-29-15-13-25)16-20(21)24-22(26)17-6-8-18(9-7-17)23(2,3)4/h6-11,16H,5,12-15H2,1-4H3,(H,24,26). The van der Waals surface area contributed by atoms with Crippen LogP contribution in [-0.4, -0.2) is 51.5 Å². The fourth-order valence-electron chi connectivity index (χ4n) is 3.30. The van der Waals surface area contributed by atoms with Crippen LogP contribution in [0.25, 0.3) is 0 Å². The monoisotopic (exact) mass is 446 g/mol. The Morgan fingerprint density at radius 1 is 1.10 bits per heavy atom. The molecule has 0 unspecified atom stereocenters. The van der Waals surface area contributed by atoms with Crippen molar-refractivity contribution < 1.29 is 22.7 Å². The molecule has 1 heterocycles. The van der Waals surface area contributed by atoms with Gasteiger partial charge in [-0.1, -0.05) is 32.9 Å². The fourth-order valence-corrected chi connectivity index (χ4v) is 4.74. The summed E-state index contributed by atoms with van der Waals surface area (Å²) in [6.07, 6.45) is 0. The minimum atomic E-state index is -3.69. The second-order valence-corrected chi connectivity index (χ2v) is 10.3. The molecule has 1 amide bonds.